The van der Waals surface area contributed by atoms with Gasteiger partial charge in [0.2, 0.25) is 34.7 Å². The van der Waals surface area contributed by atoms with Crippen LogP contribution in [0.15, 0.2) is 0 Å². The van der Waals surface area contributed by atoms with Gasteiger partial charge in [-0.2, -0.15) is 0 Å². The quantitative estimate of drug-likeness (QED) is 0.0701. The van der Waals surface area contributed by atoms with E-state index in [2.05, 4.69) is 0 Å². The van der Waals surface area contributed by atoms with E-state index in [1.807, 2.05) is 0 Å². The summed E-state index contributed by atoms with van der Waals surface area (Å²) >= 11 is -4.12. The molecule has 0 aliphatic heterocycles. The fraction of sp³-hybridized carbons (Fsp3) is 0.800. The average Bonchev–Trinajstić information content (AvgIpc) is 2.99. The minimum absolute atomic E-state index is 0.0769. The van der Waals surface area contributed by atoms with Gasteiger partial charge < -0.3 is 39.8 Å². The smallest absolute Gasteiger partial charge is 0.550 e. The van der Waals surface area contributed by atoms with Crippen LogP contribution in [0.1, 0.15) is 101 Å². The van der Waals surface area contributed by atoms with Gasteiger partial charge in [0.25, 0.3) is 17.9 Å². The lowest BCUT2D eigenvalue weighted by Gasteiger charge is -2.31. The van der Waals surface area contributed by atoms with Crippen molar-refractivity contribution in [2.45, 2.75) is 118 Å². The van der Waals surface area contributed by atoms with Gasteiger partial charge in [0.15, 0.2) is 0 Å². The molecule has 0 aromatic heterocycles. The second-order valence-electron chi connectivity index (χ2n) is 9.48. The highest BCUT2D eigenvalue weighted by Crippen LogP contribution is 2.24. The Hall–Kier alpha value is -2.29. The van der Waals surface area contributed by atoms with E-state index in [0.29, 0.717) is 0 Å². The number of Topliss-reactive ketones (excluding diaryl/α,β-unsaturated/α-hetero) is 3. The summed E-state index contributed by atoms with van der Waals surface area (Å²) in [5, 5.41) is 0. The van der Waals surface area contributed by atoms with Gasteiger partial charge in [-0.05, 0) is 41.5 Å². The maximum absolute atomic E-state index is 13.0. The molecule has 0 aromatic carbocycles. The van der Waals surface area contributed by atoms with Crippen molar-refractivity contribution in [1.82, 2.24) is 0 Å². The van der Waals surface area contributed by atoms with Crippen LogP contribution in [0.25, 0.3) is 0 Å². The molecule has 0 heterocycles. The number of carbonyl (C=O) groups excluding carboxylic acids is 6. The zero-order valence-electron chi connectivity index (χ0n) is 28.7. The molecule has 0 fully saturated rings. The Morgan fingerprint density at radius 2 is 0.587 bits per heavy atom. The third-order valence-electron chi connectivity index (χ3n) is 6.53. The third kappa shape index (κ3) is 13.1. The number of carbonyl (C=O) groups is 6. The lowest BCUT2D eigenvalue weighted by atomic mass is 10.1. The molecule has 0 saturated heterocycles. The van der Waals surface area contributed by atoms with Crippen molar-refractivity contribution in [3.8, 4) is 0 Å². The van der Waals surface area contributed by atoms with E-state index in [1.54, 1.807) is 62.3 Å². The van der Waals surface area contributed by atoms with Crippen molar-refractivity contribution in [3.05, 3.63) is 0 Å². The Morgan fingerprint density at radius 1 is 0.391 bits per heavy atom. The number of rotatable bonds is 27. The highest BCUT2D eigenvalue weighted by Gasteiger charge is 2.52. The van der Waals surface area contributed by atoms with Crippen LogP contribution < -0.4 is 0 Å². The van der Waals surface area contributed by atoms with Crippen LogP contribution in [-0.4, -0.2) is 107 Å². The zero-order chi connectivity index (χ0) is 35.4. The SMILES string of the molecule is CCOC(CC)(OCC)C(=O)CC(=O)[O][Al]([O]C(=O)CC(=O)C(CC)(OCC)OCC)[O]C(=O)CC(=O)C(CC)(OCC)OCC. The average molecular weight is 679 g/mol. The fourth-order valence-corrected chi connectivity index (χ4v) is 5.57. The number of hydrogen-bond acceptors (Lipinski definition) is 15. The molecule has 0 rings (SSSR count). The first kappa shape index (κ1) is 43.7. The van der Waals surface area contributed by atoms with Crippen molar-refractivity contribution in [2.75, 3.05) is 39.6 Å². The first-order valence-corrected chi connectivity index (χ1v) is 17.2. The largest absolute Gasteiger partial charge is 1.20 e. The molecule has 0 aromatic rings. The van der Waals surface area contributed by atoms with E-state index in [1.165, 1.54) is 0 Å². The summed E-state index contributed by atoms with van der Waals surface area (Å²) in [6, 6.07) is 0. The molecule has 0 aliphatic rings. The van der Waals surface area contributed by atoms with Gasteiger partial charge in [0.05, 0.1) is 0 Å². The van der Waals surface area contributed by atoms with Crippen molar-refractivity contribution in [2.24, 2.45) is 0 Å². The number of ether oxygens (including phenoxy) is 6. The van der Waals surface area contributed by atoms with Crippen LogP contribution in [-0.2, 0) is 68.6 Å². The molecule has 0 radical (unpaired) electrons. The predicted octanol–water partition coefficient (Wildman–Crippen LogP) is 3.02. The second-order valence-corrected chi connectivity index (χ2v) is 10.8. The van der Waals surface area contributed by atoms with Gasteiger partial charge in [-0.3, -0.25) is 28.8 Å². The molecule has 0 saturated carbocycles. The first-order chi connectivity index (χ1) is 21.8. The van der Waals surface area contributed by atoms with Gasteiger partial charge in [-0.25, -0.2) is 0 Å². The lowest BCUT2D eigenvalue weighted by Crippen LogP contribution is -2.47. The second kappa shape index (κ2) is 22.3. The molecule has 0 spiro atoms. The van der Waals surface area contributed by atoms with Gasteiger partial charge in [0.1, 0.15) is 19.3 Å². The van der Waals surface area contributed by atoms with Gasteiger partial charge in [-0.15, -0.1) is 0 Å². The van der Waals surface area contributed by atoms with Crippen molar-refractivity contribution in [3.63, 3.8) is 0 Å². The van der Waals surface area contributed by atoms with Gasteiger partial charge in [0, 0.05) is 58.9 Å². The Labute approximate surface area is 276 Å². The Morgan fingerprint density at radius 3 is 0.739 bits per heavy atom. The summed E-state index contributed by atoms with van der Waals surface area (Å²) in [5.41, 5.74) is 0. The predicted molar refractivity (Wildman–Crippen MR) is 162 cm³/mol. The maximum atomic E-state index is 13.0. The molecule has 0 bridgehead atoms. The van der Waals surface area contributed by atoms with E-state index >= 15 is 0 Å². The molecule has 15 nitrogen and oxygen atoms in total. The van der Waals surface area contributed by atoms with Crippen LogP contribution in [0.3, 0.4) is 0 Å². The molecular formula is C30H51AlO15. The summed E-state index contributed by atoms with van der Waals surface area (Å²) < 4.78 is 48.5. The summed E-state index contributed by atoms with van der Waals surface area (Å²) in [4.78, 5) is 77.8. The highest BCUT2D eigenvalue weighted by molar-refractivity contribution is 6.44. The van der Waals surface area contributed by atoms with Crippen LogP contribution >= 0.6 is 0 Å². The summed E-state index contributed by atoms with van der Waals surface area (Å²) in [6.45, 7) is 15.4. The monoisotopic (exact) mass is 678 g/mol. The van der Waals surface area contributed by atoms with Crippen molar-refractivity contribution < 1.29 is 68.6 Å². The zero-order valence-corrected chi connectivity index (χ0v) is 29.8. The fourth-order valence-electron chi connectivity index (χ4n) is 4.53. The molecule has 0 unspecified atom stereocenters. The molecule has 0 N–H and O–H groups in total. The molecular weight excluding hydrogens is 627 g/mol. The van der Waals surface area contributed by atoms with Crippen molar-refractivity contribution >= 4 is 50.4 Å². The van der Waals surface area contributed by atoms with Gasteiger partial charge in [-0.1, -0.05) is 20.8 Å². The molecule has 46 heavy (non-hydrogen) atoms. The van der Waals surface area contributed by atoms with Crippen LogP contribution in [0, 0.1) is 0 Å². The Kier molecular flexibility index (Phi) is 21.2. The molecule has 0 atom stereocenters. The normalized spacial score (nSPS) is 11.9. The Bertz CT molecular complexity index is 857. The van der Waals surface area contributed by atoms with E-state index in [9.17, 15) is 28.8 Å². The van der Waals surface area contributed by atoms with Crippen molar-refractivity contribution in [1.29, 1.82) is 0 Å². The van der Waals surface area contributed by atoms with Gasteiger partial charge >= 0.3 is 15.1 Å². The number of hydrogen-bond donors (Lipinski definition) is 0. The topological polar surface area (TPSA) is 185 Å². The van der Waals surface area contributed by atoms with Crippen LogP contribution in [0.5, 0.6) is 0 Å². The third-order valence-corrected chi connectivity index (χ3v) is 7.90. The minimum atomic E-state index is -4.12. The highest BCUT2D eigenvalue weighted by atomic mass is 27.3. The van der Waals surface area contributed by atoms with Crippen LogP contribution in [0.4, 0.5) is 0 Å². The molecule has 0 amide bonds. The minimum Gasteiger partial charge on any atom is -0.550 e. The first-order valence-electron chi connectivity index (χ1n) is 15.8. The summed E-state index contributed by atoms with van der Waals surface area (Å²) in [5.74, 6) is -11.1. The van der Waals surface area contributed by atoms with Crippen LogP contribution in [0.2, 0.25) is 0 Å². The van der Waals surface area contributed by atoms with E-state index < -0.39 is 87.0 Å². The standard InChI is InChI=1S/3C10H18O5.Al/c3*1-4-10(14-5-2,15-6-3)8(11)7-9(12)13;/h3*4-7H2,1-3H3,(H,12,13);/q;;;+3/p-3. The molecule has 16 heteroatoms. The summed E-state index contributed by atoms with van der Waals surface area (Å²) in [6.07, 6.45) is -2.42. The van der Waals surface area contributed by atoms with E-state index in [4.69, 9.17) is 39.8 Å². The molecule has 264 valence electrons. The molecule has 0 aliphatic carbocycles. The van der Waals surface area contributed by atoms with E-state index in [0.717, 1.165) is 0 Å². The maximum Gasteiger partial charge on any atom is 1.20 e. The number of ketones is 3. The Balaban J connectivity index is 6.11. The lowest BCUT2D eigenvalue weighted by molar-refractivity contribution is -0.227. The van der Waals surface area contributed by atoms with E-state index in [-0.39, 0.29) is 58.9 Å². The summed E-state index contributed by atoms with van der Waals surface area (Å²) in [7, 11) is 0.